The second kappa shape index (κ2) is 6.80. The summed E-state index contributed by atoms with van der Waals surface area (Å²) in [5, 5.41) is 5.77. The quantitative estimate of drug-likeness (QED) is 0.824. The molecule has 1 aliphatic heterocycles. The van der Waals surface area contributed by atoms with Gasteiger partial charge in [0.25, 0.3) is 0 Å². The molecule has 0 saturated heterocycles. The number of nitrogens with one attached hydrogen (secondary N) is 2. The van der Waals surface area contributed by atoms with Crippen LogP contribution in [0, 0.1) is 0 Å². The SMILES string of the molecule is COc1ccc(C(C)NC(=O)C2(C)Sc3ccccc3NC2=O)cc1. The molecule has 0 aliphatic carbocycles. The number of carbonyl (C=O) groups excluding carboxylic acids is 2. The average molecular weight is 356 g/mol. The van der Waals surface area contributed by atoms with E-state index in [0.29, 0.717) is 0 Å². The third-order valence-electron chi connectivity index (χ3n) is 4.28. The molecule has 0 bridgehead atoms. The van der Waals surface area contributed by atoms with Crippen LogP contribution in [0.1, 0.15) is 25.5 Å². The van der Waals surface area contributed by atoms with Gasteiger partial charge in [0.15, 0.2) is 4.75 Å². The average Bonchev–Trinajstić information content (AvgIpc) is 2.62. The van der Waals surface area contributed by atoms with E-state index in [-0.39, 0.29) is 17.9 Å². The van der Waals surface area contributed by atoms with Crippen LogP contribution < -0.4 is 15.4 Å². The Hall–Kier alpha value is -2.47. The van der Waals surface area contributed by atoms with Gasteiger partial charge in [-0.3, -0.25) is 9.59 Å². The molecule has 5 nitrogen and oxygen atoms in total. The number of methoxy groups -OCH3 is 1. The van der Waals surface area contributed by atoms with Gasteiger partial charge in [-0.1, -0.05) is 36.0 Å². The number of fused-ring (bicyclic) bond motifs is 1. The second-order valence-electron chi connectivity index (χ2n) is 6.05. The molecule has 0 radical (unpaired) electrons. The predicted octanol–water partition coefficient (Wildman–Crippen LogP) is 3.38. The summed E-state index contributed by atoms with van der Waals surface area (Å²) in [5.41, 5.74) is 1.69. The van der Waals surface area contributed by atoms with E-state index in [2.05, 4.69) is 10.6 Å². The van der Waals surface area contributed by atoms with Crippen LogP contribution >= 0.6 is 11.8 Å². The number of rotatable bonds is 4. The predicted molar refractivity (Wildman–Crippen MR) is 98.9 cm³/mol. The van der Waals surface area contributed by atoms with E-state index in [9.17, 15) is 9.59 Å². The Labute approximate surface area is 151 Å². The largest absolute Gasteiger partial charge is 0.497 e. The minimum absolute atomic E-state index is 0.221. The van der Waals surface area contributed by atoms with Crippen LogP contribution in [-0.4, -0.2) is 23.7 Å². The fraction of sp³-hybridized carbons (Fsp3) is 0.263. The van der Waals surface area contributed by atoms with Gasteiger partial charge in [-0.05, 0) is 43.7 Å². The minimum atomic E-state index is -1.21. The number of carbonyl (C=O) groups is 2. The zero-order valence-electron chi connectivity index (χ0n) is 14.3. The Morgan fingerprint density at radius 2 is 1.88 bits per heavy atom. The van der Waals surface area contributed by atoms with Crippen LogP contribution in [0.2, 0.25) is 0 Å². The molecule has 0 spiro atoms. The first kappa shape index (κ1) is 17.4. The summed E-state index contributed by atoms with van der Waals surface area (Å²) in [7, 11) is 1.61. The van der Waals surface area contributed by atoms with Gasteiger partial charge in [-0.2, -0.15) is 0 Å². The van der Waals surface area contributed by atoms with Crippen molar-refractivity contribution in [1.29, 1.82) is 0 Å². The van der Waals surface area contributed by atoms with Gasteiger partial charge >= 0.3 is 0 Å². The monoisotopic (exact) mass is 356 g/mol. The molecule has 0 fully saturated rings. The lowest BCUT2D eigenvalue weighted by Crippen LogP contribution is -2.52. The topological polar surface area (TPSA) is 67.4 Å². The van der Waals surface area contributed by atoms with Gasteiger partial charge < -0.3 is 15.4 Å². The zero-order chi connectivity index (χ0) is 18.0. The van der Waals surface area contributed by atoms with Crippen molar-refractivity contribution in [3.05, 3.63) is 54.1 Å². The maximum absolute atomic E-state index is 12.8. The Kier molecular flexibility index (Phi) is 4.72. The van der Waals surface area contributed by atoms with Crippen LogP contribution in [0.5, 0.6) is 5.75 Å². The van der Waals surface area contributed by atoms with Crippen molar-refractivity contribution in [3.8, 4) is 5.75 Å². The Balaban J connectivity index is 1.76. The van der Waals surface area contributed by atoms with Gasteiger partial charge in [-0.15, -0.1) is 0 Å². The first-order chi connectivity index (χ1) is 11.9. The number of amides is 2. The Morgan fingerprint density at radius 3 is 2.56 bits per heavy atom. The lowest BCUT2D eigenvalue weighted by molar-refractivity contribution is -0.130. The molecule has 130 valence electrons. The fourth-order valence-electron chi connectivity index (χ4n) is 2.63. The third-order valence-corrected chi connectivity index (χ3v) is 5.63. The van der Waals surface area contributed by atoms with Crippen molar-refractivity contribution in [1.82, 2.24) is 5.32 Å². The molecule has 2 aromatic rings. The van der Waals surface area contributed by atoms with E-state index in [1.54, 1.807) is 14.0 Å². The molecule has 2 amide bonds. The summed E-state index contributed by atoms with van der Waals surface area (Å²) < 4.78 is 3.93. The Morgan fingerprint density at radius 1 is 1.20 bits per heavy atom. The van der Waals surface area contributed by atoms with Crippen LogP contribution in [0.25, 0.3) is 0 Å². The summed E-state index contributed by atoms with van der Waals surface area (Å²) in [6.07, 6.45) is 0. The molecule has 0 aromatic heterocycles. The minimum Gasteiger partial charge on any atom is -0.497 e. The molecule has 6 heteroatoms. The van der Waals surface area contributed by atoms with Gasteiger partial charge in [0, 0.05) is 4.90 Å². The fourth-order valence-corrected chi connectivity index (χ4v) is 3.74. The zero-order valence-corrected chi connectivity index (χ0v) is 15.1. The normalized spacial score (nSPS) is 20.2. The number of hydrogen-bond acceptors (Lipinski definition) is 4. The van der Waals surface area contributed by atoms with Crippen molar-refractivity contribution >= 4 is 29.3 Å². The molecule has 1 heterocycles. The first-order valence-corrected chi connectivity index (χ1v) is 8.80. The van der Waals surface area contributed by atoms with E-state index in [1.807, 2.05) is 55.5 Å². The maximum Gasteiger partial charge on any atom is 0.250 e. The smallest absolute Gasteiger partial charge is 0.250 e. The molecule has 2 atom stereocenters. The number of ether oxygens (including phenoxy) is 1. The van der Waals surface area contributed by atoms with E-state index in [1.165, 1.54) is 11.8 Å². The number of para-hydroxylation sites is 1. The highest BCUT2D eigenvalue weighted by Crippen LogP contribution is 2.42. The van der Waals surface area contributed by atoms with Crippen molar-refractivity contribution in [2.24, 2.45) is 0 Å². The van der Waals surface area contributed by atoms with E-state index in [4.69, 9.17) is 4.74 Å². The van der Waals surface area contributed by atoms with Gasteiger partial charge in [0.2, 0.25) is 11.8 Å². The van der Waals surface area contributed by atoms with Crippen LogP contribution in [0.15, 0.2) is 53.4 Å². The van der Waals surface area contributed by atoms with Crippen LogP contribution in [-0.2, 0) is 9.59 Å². The third kappa shape index (κ3) is 3.35. The lowest BCUT2D eigenvalue weighted by Gasteiger charge is -2.32. The summed E-state index contributed by atoms with van der Waals surface area (Å²) in [5.74, 6) is 0.136. The molecular weight excluding hydrogens is 336 g/mol. The molecule has 0 saturated carbocycles. The van der Waals surface area contributed by atoms with Gasteiger partial charge in [0.05, 0.1) is 18.8 Å². The van der Waals surface area contributed by atoms with E-state index < -0.39 is 4.75 Å². The first-order valence-electron chi connectivity index (χ1n) is 7.98. The van der Waals surface area contributed by atoms with Crippen molar-refractivity contribution < 1.29 is 14.3 Å². The molecule has 2 N–H and O–H groups in total. The number of hydrogen-bond donors (Lipinski definition) is 2. The van der Waals surface area contributed by atoms with Crippen LogP contribution in [0.3, 0.4) is 0 Å². The van der Waals surface area contributed by atoms with Crippen molar-refractivity contribution in [2.45, 2.75) is 29.5 Å². The molecular formula is C19H20N2O3S. The van der Waals surface area contributed by atoms with Crippen molar-refractivity contribution in [2.75, 3.05) is 12.4 Å². The molecule has 1 aliphatic rings. The molecule has 25 heavy (non-hydrogen) atoms. The molecule has 3 rings (SSSR count). The Bertz CT molecular complexity index is 807. The van der Waals surface area contributed by atoms with Gasteiger partial charge in [0.1, 0.15) is 5.75 Å². The van der Waals surface area contributed by atoms with Crippen molar-refractivity contribution in [3.63, 3.8) is 0 Å². The van der Waals surface area contributed by atoms with Crippen LogP contribution in [0.4, 0.5) is 5.69 Å². The summed E-state index contributed by atoms with van der Waals surface area (Å²) in [6, 6.07) is 14.7. The summed E-state index contributed by atoms with van der Waals surface area (Å²) in [4.78, 5) is 26.2. The second-order valence-corrected chi connectivity index (χ2v) is 7.51. The maximum atomic E-state index is 12.8. The number of thioether (sulfide) groups is 1. The van der Waals surface area contributed by atoms with Gasteiger partial charge in [-0.25, -0.2) is 0 Å². The number of benzene rings is 2. The molecule has 2 unspecified atom stereocenters. The summed E-state index contributed by atoms with van der Waals surface area (Å²) in [6.45, 7) is 3.54. The lowest BCUT2D eigenvalue weighted by atomic mass is 10.0. The van der Waals surface area contributed by atoms with E-state index >= 15 is 0 Å². The standard InChI is InChI=1S/C19H20N2O3S/c1-12(13-8-10-14(24-3)11-9-13)20-17(22)19(2)18(23)21-15-6-4-5-7-16(15)25-19/h4-12H,1-3H3,(H,20,22)(H,21,23). The molecule has 2 aromatic carbocycles. The summed E-state index contributed by atoms with van der Waals surface area (Å²) >= 11 is 1.27. The number of anilines is 1. The highest BCUT2D eigenvalue weighted by Gasteiger charge is 2.46. The van der Waals surface area contributed by atoms with E-state index in [0.717, 1.165) is 21.9 Å². The highest BCUT2D eigenvalue weighted by molar-refractivity contribution is 8.02. The highest BCUT2D eigenvalue weighted by atomic mass is 32.2.